The minimum atomic E-state index is 0. The van der Waals surface area contributed by atoms with Crippen LogP contribution in [0.25, 0.3) is 0 Å². The molecule has 0 amide bonds. The highest BCUT2D eigenvalue weighted by Crippen LogP contribution is 2.11. The van der Waals surface area contributed by atoms with Crippen LogP contribution in [0.15, 0.2) is 22.9 Å². The fraction of sp³-hybridized carbons (Fsp3) is 0.615. The zero-order valence-corrected chi connectivity index (χ0v) is 12.8. The largest absolute Gasteiger partial charge is 0.377 e. The van der Waals surface area contributed by atoms with Crippen molar-refractivity contribution in [1.82, 2.24) is 10.3 Å². The van der Waals surface area contributed by atoms with Crippen molar-refractivity contribution in [3.8, 4) is 0 Å². The van der Waals surface area contributed by atoms with Gasteiger partial charge in [0.05, 0.1) is 6.61 Å². The Morgan fingerprint density at radius 1 is 1.39 bits per heavy atom. The molecule has 18 heavy (non-hydrogen) atoms. The summed E-state index contributed by atoms with van der Waals surface area (Å²) < 4.78 is 6.54. The summed E-state index contributed by atoms with van der Waals surface area (Å²) in [5.41, 5.74) is 1.13. The normalized spacial score (nSPS) is 19.3. The average molecular weight is 336 g/mol. The summed E-state index contributed by atoms with van der Waals surface area (Å²) in [6.07, 6.45) is 6.94. The SMILES string of the molecule is Brc1ccc(COCCC2CCCCN2)cn1.Cl. The van der Waals surface area contributed by atoms with Gasteiger partial charge >= 0.3 is 0 Å². The highest BCUT2D eigenvalue weighted by atomic mass is 79.9. The summed E-state index contributed by atoms with van der Waals surface area (Å²) in [6.45, 7) is 2.65. The van der Waals surface area contributed by atoms with Gasteiger partial charge in [-0.1, -0.05) is 12.5 Å². The number of hydrogen-bond acceptors (Lipinski definition) is 3. The fourth-order valence-electron chi connectivity index (χ4n) is 2.08. The predicted octanol–water partition coefficient (Wildman–Crippen LogP) is 3.31. The van der Waals surface area contributed by atoms with E-state index in [-0.39, 0.29) is 12.4 Å². The molecule has 0 saturated carbocycles. The highest BCUT2D eigenvalue weighted by molar-refractivity contribution is 9.10. The standard InChI is InChI=1S/C13H19BrN2O.ClH/c14-13-5-4-11(9-16-13)10-17-8-6-12-3-1-2-7-15-12;/h4-5,9,12,15H,1-3,6-8,10H2;1H. The van der Waals surface area contributed by atoms with E-state index in [1.807, 2.05) is 18.3 Å². The Morgan fingerprint density at radius 2 is 2.28 bits per heavy atom. The molecule has 1 aromatic heterocycles. The van der Waals surface area contributed by atoms with Crippen molar-refractivity contribution >= 4 is 28.3 Å². The van der Waals surface area contributed by atoms with E-state index in [1.165, 1.54) is 25.8 Å². The van der Waals surface area contributed by atoms with Crippen LogP contribution in [-0.4, -0.2) is 24.2 Å². The monoisotopic (exact) mass is 334 g/mol. The molecule has 1 aliphatic heterocycles. The molecule has 5 heteroatoms. The lowest BCUT2D eigenvalue weighted by molar-refractivity contribution is 0.108. The molecule has 1 aromatic rings. The molecule has 1 saturated heterocycles. The van der Waals surface area contributed by atoms with E-state index in [4.69, 9.17) is 4.74 Å². The number of piperidine rings is 1. The zero-order chi connectivity index (χ0) is 11.9. The van der Waals surface area contributed by atoms with Crippen LogP contribution < -0.4 is 5.32 Å². The second kappa shape index (κ2) is 8.86. The highest BCUT2D eigenvalue weighted by Gasteiger charge is 2.11. The molecule has 0 aliphatic carbocycles. The Bertz CT molecular complexity index is 328. The number of rotatable bonds is 5. The second-order valence-electron chi connectivity index (χ2n) is 4.48. The van der Waals surface area contributed by atoms with Crippen LogP contribution >= 0.6 is 28.3 Å². The molecule has 0 bridgehead atoms. The average Bonchev–Trinajstić information content (AvgIpc) is 2.38. The van der Waals surface area contributed by atoms with Gasteiger partial charge in [-0.25, -0.2) is 4.98 Å². The molecule has 1 atom stereocenters. The van der Waals surface area contributed by atoms with Crippen molar-refractivity contribution in [3.63, 3.8) is 0 Å². The van der Waals surface area contributed by atoms with Gasteiger partial charge in [0.15, 0.2) is 0 Å². The third kappa shape index (κ3) is 5.65. The maximum Gasteiger partial charge on any atom is 0.106 e. The van der Waals surface area contributed by atoms with Gasteiger partial charge in [0.1, 0.15) is 4.60 Å². The van der Waals surface area contributed by atoms with Crippen molar-refractivity contribution < 1.29 is 4.74 Å². The van der Waals surface area contributed by atoms with Gasteiger partial charge in [0.2, 0.25) is 0 Å². The minimum Gasteiger partial charge on any atom is -0.377 e. The molecule has 2 rings (SSSR count). The van der Waals surface area contributed by atoms with Gasteiger partial charge in [-0.15, -0.1) is 12.4 Å². The van der Waals surface area contributed by atoms with Crippen molar-refractivity contribution in [3.05, 3.63) is 28.5 Å². The Balaban J connectivity index is 0.00000162. The van der Waals surface area contributed by atoms with E-state index in [0.29, 0.717) is 12.6 Å². The summed E-state index contributed by atoms with van der Waals surface area (Å²) in [4.78, 5) is 4.17. The van der Waals surface area contributed by atoms with E-state index in [1.54, 1.807) is 0 Å². The molecule has 3 nitrogen and oxygen atoms in total. The first-order valence-electron chi connectivity index (χ1n) is 6.26. The van der Waals surface area contributed by atoms with Crippen molar-refractivity contribution in [2.75, 3.05) is 13.2 Å². The Morgan fingerprint density at radius 3 is 2.94 bits per heavy atom. The maximum absolute atomic E-state index is 5.67. The van der Waals surface area contributed by atoms with Crippen molar-refractivity contribution in [2.45, 2.75) is 38.3 Å². The zero-order valence-electron chi connectivity index (χ0n) is 10.4. The summed E-state index contributed by atoms with van der Waals surface area (Å²) in [7, 11) is 0. The second-order valence-corrected chi connectivity index (χ2v) is 5.29. The molecular weight excluding hydrogens is 316 g/mol. The Hall–Kier alpha value is -0.160. The molecule has 1 unspecified atom stereocenters. The van der Waals surface area contributed by atoms with E-state index < -0.39 is 0 Å². The van der Waals surface area contributed by atoms with Crippen LogP contribution in [0.2, 0.25) is 0 Å². The predicted molar refractivity (Wildman–Crippen MR) is 79.1 cm³/mol. The molecule has 1 aliphatic rings. The van der Waals surface area contributed by atoms with Gasteiger partial charge in [-0.2, -0.15) is 0 Å². The summed E-state index contributed by atoms with van der Waals surface area (Å²) in [5.74, 6) is 0. The minimum absolute atomic E-state index is 0. The first-order valence-corrected chi connectivity index (χ1v) is 7.05. The molecule has 0 radical (unpaired) electrons. The number of ether oxygens (including phenoxy) is 1. The Kier molecular flexibility index (Phi) is 7.82. The molecular formula is C13H20BrClN2O. The first kappa shape index (κ1) is 15.9. The third-order valence-electron chi connectivity index (χ3n) is 3.08. The summed E-state index contributed by atoms with van der Waals surface area (Å²) >= 11 is 3.32. The van der Waals surface area contributed by atoms with E-state index in [2.05, 4.69) is 26.2 Å². The van der Waals surface area contributed by atoms with Crippen molar-refractivity contribution in [2.24, 2.45) is 0 Å². The van der Waals surface area contributed by atoms with E-state index in [9.17, 15) is 0 Å². The summed E-state index contributed by atoms with van der Waals surface area (Å²) in [6, 6.07) is 4.64. The maximum atomic E-state index is 5.67. The Labute approximate surface area is 123 Å². The van der Waals surface area contributed by atoms with Gasteiger partial charge in [-0.05, 0) is 53.4 Å². The van der Waals surface area contributed by atoms with Gasteiger partial charge < -0.3 is 10.1 Å². The van der Waals surface area contributed by atoms with Crippen LogP contribution in [0.1, 0.15) is 31.2 Å². The number of aromatic nitrogens is 1. The number of hydrogen-bond donors (Lipinski definition) is 1. The molecule has 0 aromatic carbocycles. The molecule has 1 fully saturated rings. The summed E-state index contributed by atoms with van der Waals surface area (Å²) in [5, 5.41) is 3.53. The van der Waals surface area contributed by atoms with Crippen LogP contribution in [0.3, 0.4) is 0 Å². The molecule has 1 N–H and O–H groups in total. The van der Waals surface area contributed by atoms with Crippen LogP contribution in [0.5, 0.6) is 0 Å². The number of nitrogens with zero attached hydrogens (tertiary/aromatic N) is 1. The number of nitrogens with one attached hydrogen (secondary N) is 1. The number of pyridine rings is 1. The van der Waals surface area contributed by atoms with Crippen LogP contribution in [-0.2, 0) is 11.3 Å². The third-order valence-corrected chi connectivity index (χ3v) is 3.55. The fourth-order valence-corrected chi connectivity index (χ4v) is 2.31. The quantitative estimate of drug-likeness (QED) is 0.662. The van der Waals surface area contributed by atoms with Gasteiger partial charge in [0, 0.05) is 18.8 Å². The molecule has 0 spiro atoms. The van der Waals surface area contributed by atoms with E-state index in [0.717, 1.165) is 23.2 Å². The lowest BCUT2D eigenvalue weighted by atomic mass is 10.0. The lowest BCUT2D eigenvalue weighted by Crippen LogP contribution is -2.34. The van der Waals surface area contributed by atoms with Crippen molar-refractivity contribution in [1.29, 1.82) is 0 Å². The van der Waals surface area contributed by atoms with Crippen LogP contribution in [0.4, 0.5) is 0 Å². The lowest BCUT2D eigenvalue weighted by Gasteiger charge is -2.23. The molecule has 2 heterocycles. The van der Waals surface area contributed by atoms with Gasteiger partial charge in [0.25, 0.3) is 0 Å². The van der Waals surface area contributed by atoms with Crippen LogP contribution in [0, 0.1) is 0 Å². The molecule has 102 valence electrons. The number of halogens is 2. The van der Waals surface area contributed by atoms with Gasteiger partial charge in [-0.3, -0.25) is 0 Å². The first-order chi connectivity index (χ1) is 8.34. The van der Waals surface area contributed by atoms with E-state index >= 15 is 0 Å². The topological polar surface area (TPSA) is 34.1 Å². The smallest absolute Gasteiger partial charge is 0.106 e.